The van der Waals surface area contributed by atoms with Crippen LogP contribution >= 0.6 is 0 Å². The Labute approximate surface area is 354 Å². The van der Waals surface area contributed by atoms with Gasteiger partial charge in [0.05, 0.1) is 53.0 Å². The summed E-state index contributed by atoms with van der Waals surface area (Å²) in [6.07, 6.45) is 5.01. The van der Waals surface area contributed by atoms with Crippen LogP contribution in [0, 0.1) is 30.6 Å². The maximum absolute atomic E-state index is 14.4. The Morgan fingerprint density at radius 3 is 2.28 bits per heavy atom. The Hall–Kier alpha value is -5.90. The van der Waals surface area contributed by atoms with E-state index in [4.69, 9.17) is 23.8 Å². The Kier molecular flexibility index (Phi) is 14.5. The van der Waals surface area contributed by atoms with E-state index in [2.05, 4.69) is 10.5 Å². The van der Waals surface area contributed by atoms with Crippen molar-refractivity contribution in [1.82, 2.24) is 0 Å². The molecule has 3 aromatic rings. The van der Waals surface area contributed by atoms with Crippen LogP contribution < -0.4 is 10.1 Å². The third-order valence-corrected chi connectivity index (χ3v) is 11.6. The number of Topliss-reactive ketones (excluding diaryl/α,β-unsaturated/α-hetero) is 1. The first-order valence-electron chi connectivity index (χ1n) is 20.1. The topological polar surface area (TPSA) is 223 Å². The van der Waals surface area contributed by atoms with Gasteiger partial charge in [0.2, 0.25) is 0 Å². The van der Waals surface area contributed by atoms with Crippen LogP contribution in [0.15, 0.2) is 71.6 Å². The van der Waals surface area contributed by atoms with E-state index in [0.717, 1.165) is 11.8 Å². The molecule has 1 amide bonds. The Balaban J connectivity index is 1.67. The zero-order valence-electron chi connectivity index (χ0n) is 35.8. The van der Waals surface area contributed by atoms with E-state index in [9.17, 15) is 39.9 Å². The first kappa shape index (κ1) is 46.2. The van der Waals surface area contributed by atoms with Crippen molar-refractivity contribution in [3.05, 3.63) is 88.7 Å². The van der Waals surface area contributed by atoms with Crippen molar-refractivity contribution >= 4 is 40.3 Å². The molecule has 0 saturated carbocycles. The minimum atomic E-state index is -2.07. The van der Waals surface area contributed by atoms with Crippen molar-refractivity contribution in [2.24, 2.45) is 28.8 Å². The molecular weight excluding hydrogens is 789 g/mol. The van der Waals surface area contributed by atoms with Gasteiger partial charge in [-0.05, 0) is 25.5 Å². The highest BCUT2D eigenvalue weighted by molar-refractivity contribution is 6.23. The minimum absolute atomic E-state index is 0.0298. The number of methoxy groups -OCH3 is 1. The lowest BCUT2D eigenvalue weighted by atomic mass is 9.78. The molecule has 9 unspecified atom stereocenters. The molecule has 9 atom stereocenters. The van der Waals surface area contributed by atoms with Gasteiger partial charge in [-0.1, -0.05) is 81.4 Å². The third-order valence-electron chi connectivity index (χ3n) is 11.6. The lowest BCUT2D eigenvalue weighted by Crippen LogP contribution is -2.46. The molecule has 15 nitrogen and oxygen atoms in total. The number of hydrogen-bond donors (Lipinski definition) is 6. The summed E-state index contributed by atoms with van der Waals surface area (Å²) in [6, 6.07) is 9.50. The minimum Gasteiger partial charge on any atom is -0.507 e. The highest BCUT2D eigenvalue weighted by atomic mass is 16.7. The van der Waals surface area contributed by atoms with Gasteiger partial charge in [0.15, 0.2) is 5.75 Å². The van der Waals surface area contributed by atoms with Gasteiger partial charge in [0, 0.05) is 67.6 Å². The lowest BCUT2D eigenvalue weighted by molar-refractivity contribution is -0.160. The Morgan fingerprint density at radius 1 is 0.934 bits per heavy atom. The number of aliphatic hydroxyl groups is 2. The summed E-state index contributed by atoms with van der Waals surface area (Å²) < 4.78 is 23.5. The van der Waals surface area contributed by atoms with Gasteiger partial charge < -0.3 is 54.6 Å². The quantitative estimate of drug-likeness (QED) is 0.0382. The monoisotopic (exact) mass is 844 g/mol. The second-order valence-corrected chi connectivity index (χ2v) is 15.9. The van der Waals surface area contributed by atoms with Gasteiger partial charge in [-0.3, -0.25) is 14.4 Å². The number of rotatable bonds is 7. The number of ketones is 1. The molecule has 0 fully saturated rings. The maximum Gasteiger partial charge on any atom is 0.312 e. The second kappa shape index (κ2) is 19.2. The molecule has 328 valence electrons. The van der Waals surface area contributed by atoms with Crippen LogP contribution in [0.1, 0.15) is 75.5 Å². The van der Waals surface area contributed by atoms with E-state index >= 15 is 0 Å². The predicted molar refractivity (Wildman–Crippen MR) is 228 cm³/mol. The summed E-state index contributed by atoms with van der Waals surface area (Å²) in [6.45, 7) is 12.6. The number of oxime groups is 1. The first-order chi connectivity index (χ1) is 28.8. The average molecular weight is 845 g/mol. The number of benzene rings is 3. The molecule has 5 bridgehead atoms. The van der Waals surface area contributed by atoms with Gasteiger partial charge >= 0.3 is 11.8 Å². The highest BCUT2D eigenvalue weighted by Gasteiger charge is 2.50. The Bertz CT molecular complexity index is 2250. The van der Waals surface area contributed by atoms with Crippen LogP contribution in [0.25, 0.3) is 10.8 Å². The summed E-state index contributed by atoms with van der Waals surface area (Å²) in [5.41, 5.74) is 0.345. The van der Waals surface area contributed by atoms with Crippen LogP contribution in [-0.4, -0.2) is 93.3 Å². The smallest absolute Gasteiger partial charge is 0.312 e. The lowest BCUT2D eigenvalue weighted by Gasteiger charge is -2.38. The normalized spacial score (nSPS) is 28.5. The van der Waals surface area contributed by atoms with E-state index in [1.165, 1.54) is 53.2 Å². The number of nitrogens with one attached hydrogen (secondary N) is 1. The number of esters is 1. The molecule has 3 heterocycles. The summed E-state index contributed by atoms with van der Waals surface area (Å²) in [5, 5.41) is 64.3. The maximum atomic E-state index is 14.4. The summed E-state index contributed by atoms with van der Waals surface area (Å²) in [5.74, 6) is -8.70. The van der Waals surface area contributed by atoms with E-state index < -0.39 is 88.8 Å². The van der Waals surface area contributed by atoms with Crippen LogP contribution in [0.4, 0.5) is 5.69 Å². The van der Waals surface area contributed by atoms with Crippen molar-refractivity contribution in [3.63, 3.8) is 0 Å². The predicted octanol–water partition coefficient (Wildman–Crippen LogP) is 6.35. The molecule has 3 aliphatic rings. The third kappa shape index (κ3) is 9.54. The van der Waals surface area contributed by atoms with E-state index in [-0.39, 0.29) is 51.1 Å². The number of anilines is 1. The van der Waals surface area contributed by atoms with Crippen LogP contribution in [0.2, 0.25) is 0 Å². The number of carbonyl (C=O) groups is 3. The van der Waals surface area contributed by atoms with Gasteiger partial charge in [0.1, 0.15) is 30.0 Å². The van der Waals surface area contributed by atoms with Crippen LogP contribution in [0.3, 0.4) is 0 Å². The molecule has 61 heavy (non-hydrogen) atoms. The number of carbonyl (C=O) groups excluding carboxylic acids is 3. The van der Waals surface area contributed by atoms with E-state index in [1.807, 2.05) is 30.3 Å². The second-order valence-electron chi connectivity index (χ2n) is 15.9. The number of phenols is 3. The van der Waals surface area contributed by atoms with Crippen molar-refractivity contribution in [2.45, 2.75) is 92.0 Å². The molecule has 3 aliphatic heterocycles. The van der Waals surface area contributed by atoms with Crippen molar-refractivity contribution in [3.8, 4) is 23.0 Å². The zero-order chi connectivity index (χ0) is 44.9. The molecule has 15 heteroatoms. The van der Waals surface area contributed by atoms with Crippen molar-refractivity contribution in [2.75, 3.05) is 19.0 Å². The number of hydrogen-bond acceptors (Lipinski definition) is 14. The molecule has 0 aromatic heterocycles. The molecule has 0 spiro atoms. The fraction of sp³-hybridized carbons (Fsp3) is 0.435. The molecule has 3 aromatic carbocycles. The number of aliphatic hydroxyl groups excluding tert-OH is 2. The number of ether oxygens (including phenoxy) is 4. The number of fused-ring (bicyclic) bond motifs is 14. The summed E-state index contributed by atoms with van der Waals surface area (Å²) in [4.78, 5) is 46.0. The molecule has 6 N–H and O–H groups in total. The van der Waals surface area contributed by atoms with Crippen molar-refractivity contribution < 1.29 is 63.7 Å². The number of allylic oxidation sites excluding steroid dienone is 2. The van der Waals surface area contributed by atoms with E-state index in [1.54, 1.807) is 39.8 Å². The molecule has 0 saturated heterocycles. The van der Waals surface area contributed by atoms with Crippen LogP contribution in [0.5, 0.6) is 23.0 Å². The molecule has 0 radical (unpaired) electrons. The number of nitrogens with zero attached hydrogens (tertiary/aromatic N) is 1. The van der Waals surface area contributed by atoms with Gasteiger partial charge in [0.25, 0.3) is 11.7 Å². The van der Waals surface area contributed by atoms with Gasteiger partial charge in [-0.25, -0.2) is 0 Å². The number of aromatic hydroxyl groups is 3. The first-order valence-corrected chi connectivity index (χ1v) is 20.1. The summed E-state index contributed by atoms with van der Waals surface area (Å²) >= 11 is 0. The standard InChI is InChI=1S/C46H56N2O13/c1-23-14-13-15-24(2)45(56)48-36-31(22-47-59-21-18-30-16-11-10-12-17-30)40(53)33-34(41(36)54)39(52)28(6)43-35(33)44(55)46(8,61-43)58-20-19-32(57-9)25(3)42(60-29(7)49)27(5)38(51)26(4)37(23)50/h10-17,19-20,22-23,25-27,32,37-38,42,50-54H,18,21H2,1-9H3,(H,48,56)/b14-13+,20-19+,24-15?,47-22+. The SMILES string of the molecule is COC1/C=C/OC2(C)Oc3c(C)c(O)c4c(O)c(c(/C=N/OCCc5ccccc5)c(O)c4c3C2=O)NC(=O)C(C)=C/C=C/C(C)C(O)C(C)C(O)C(C)C(OC(C)=O)C1C. The fourth-order valence-corrected chi connectivity index (χ4v) is 7.82. The largest absolute Gasteiger partial charge is 0.507 e. The average Bonchev–Trinajstić information content (AvgIpc) is 3.50. The van der Waals surface area contributed by atoms with Crippen molar-refractivity contribution in [1.29, 1.82) is 0 Å². The highest BCUT2D eigenvalue weighted by Crippen LogP contribution is 2.55. The number of amides is 1. The van der Waals surface area contributed by atoms with Gasteiger partial charge in [-0.15, -0.1) is 0 Å². The fourth-order valence-electron chi connectivity index (χ4n) is 7.82. The molecular formula is C46H56N2O13. The Morgan fingerprint density at radius 2 is 1.62 bits per heavy atom. The number of phenolic OH excluding ortho intramolecular Hbond substituents is 3. The molecule has 6 rings (SSSR count). The zero-order valence-corrected chi connectivity index (χ0v) is 35.8. The summed E-state index contributed by atoms with van der Waals surface area (Å²) in [7, 11) is 1.43. The van der Waals surface area contributed by atoms with Crippen LogP contribution in [-0.2, 0) is 35.1 Å². The van der Waals surface area contributed by atoms with E-state index in [0.29, 0.717) is 6.42 Å². The molecule has 0 aliphatic carbocycles. The van der Waals surface area contributed by atoms with Gasteiger partial charge in [-0.2, -0.15) is 0 Å².